The van der Waals surface area contributed by atoms with Crippen molar-refractivity contribution >= 4 is 12.2 Å². The zero-order chi connectivity index (χ0) is 17.0. The number of phenols is 1. The Morgan fingerprint density at radius 1 is 1.00 bits per heavy atom. The van der Waals surface area contributed by atoms with Crippen LogP contribution >= 0.6 is 0 Å². The molecule has 24 heavy (non-hydrogen) atoms. The average molecular weight is 324 g/mol. The van der Waals surface area contributed by atoms with Crippen molar-refractivity contribution in [2.24, 2.45) is 0 Å². The van der Waals surface area contributed by atoms with Crippen molar-refractivity contribution < 1.29 is 14.6 Å². The van der Waals surface area contributed by atoms with Crippen molar-refractivity contribution in [3.8, 4) is 5.75 Å². The van der Waals surface area contributed by atoms with Crippen molar-refractivity contribution in [3.63, 3.8) is 0 Å². The molecule has 1 aliphatic rings. The molecular weight excluding hydrogens is 300 g/mol. The standard InChI is InChI=1S/C13H16O2.C8H8O/c1-2-6-12(7-3-1)9-11-15-13-8-4-5-10-14-13;1-2-7-3-5-8(9)6-4-7/h1-3,6-7,9,11,13H,4-5,8,10H2;2-6,9H,1H2. The summed E-state index contributed by atoms with van der Waals surface area (Å²) >= 11 is 0. The van der Waals surface area contributed by atoms with Gasteiger partial charge in [-0.2, -0.15) is 0 Å². The summed E-state index contributed by atoms with van der Waals surface area (Å²) in [6.45, 7) is 4.40. The maximum Gasteiger partial charge on any atom is 0.198 e. The smallest absolute Gasteiger partial charge is 0.198 e. The lowest BCUT2D eigenvalue weighted by atomic mass is 10.2. The van der Waals surface area contributed by atoms with E-state index in [0.29, 0.717) is 5.75 Å². The molecule has 1 heterocycles. The van der Waals surface area contributed by atoms with Crippen LogP contribution in [0.4, 0.5) is 0 Å². The number of benzene rings is 2. The first-order valence-corrected chi connectivity index (χ1v) is 8.18. The molecule has 0 aliphatic carbocycles. The van der Waals surface area contributed by atoms with Crippen LogP contribution in [-0.2, 0) is 9.47 Å². The van der Waals surface area contributed by atoms with Crippen LogP contribution < -0.4 is 0 Å². The molecule has 3 nitrogen and oxygen atoms in total. The van der Waals surface area contributed by atoms with Gasteiger partial charge in [0.15, 0.2) is 6.29 Å². The van der Waals surface area contributed by atoms with E-state index < -0.39 is 0 Å². The minimum absolute atomic E-state index is 0.0429. The summed E-state index contributed by atoms with van der Waals surface area (Å²) in [6, 6.07) is 17.0. The van der Waals surface area contributed by atoms with Crippen LogP contribution in [0.25, 0.3) is 12.2 Å². The third-order valence-electron chi connectivity index (χ3n) is 3.56. The van der Waals surface area contributed by atoms with Crippen LogP contribution in [0, 0.1) is 0 Å². The van der Waals surface area contributed by atoms with Crippen LogP contribution in [0.5, 0.6) is 5.75 Å². The van der Waals surface area contributed by atoms with E-state index in [1.165, 1.54) is 6.42 Å². The van der Waals surface area contributed by atoms with E-state index in [0.717, 1.165) is 30.6 Å². The van der Waals surface area contributed by atoms with E-state index >= 15 is 0 Å². The maximum atomic E-state index is 8.82. The number of phenolic OH excluding ortho intramolecular Hbond substituents is 1. The zero-order valence-electron chi connectivity index (χ0n) is 13.8. The molecule has 0 spiro atoms. The Bertz CT molecular complexity index is 611. The fourth-order valence-corrected chi connectivity index (χ4v) is 2.20. The molecule has 0 bridgehead atoms. The summed E-state index contributed by atoms with van der Waals surface area (Å²) in [5.41, 5.74) is 2.17. The summed E-state index contributed by atoms with van der Waals surface area (Å²) in [6.07, 6.45) is 8.73. The molecule has 1 unspecified atom stereocenters. The molecule has 1 aliphatic heterocycles. The number of hydrogen-bond acceptors (Lipinski definition) is 3. The van der Waals surface area contributed by atoms with Gasteiger partial charge in [-0.25, -0.2) is 0 Å². The molecule has 2 aromatic carbocycles. The highest BCUT2D eigenvalue weighted by molar-refractivity contribution is 5.48. The lowest BCUT2D eigenvalue weighted by molar-refractivity contribution is -0.129. The monoisotopic (exact) mass is 324 g/mol. The molecule has 0 radical (unpaired) electrons. The first-order chi connectivity index (χ1) is 11.8. The van der Waals surface area contributed by atoms with Gasteiger partial charge in [0.25, 0.3) is 0 Å². The molecule has 2 aromatic rings. The van der Waals surface area contributed by atoms with Gasteiger partial charge in [0, 0.05) is 6.42 Å². The van der Waals surface area contributed by atoms with Crippen molar-refractivity contribution in [2.45, 2.75) is 25.6 Å². The topological polar surface area (TPSA) is 38.7 Å². The van der Waals surface area contributed by atoms with E-state index in [1.54, 1.807) is 24.5 Å². The SMILES string of the molecule is C(=Cc1ccccc1)OC1CCCCO1.C=Cc1ccc(O)cc1. The van der Waals surface area contributed by atoms with Crippen LogP contribution in [0.3, 0.4) is 0 Å². The number of rotatable bonds is 4. The fraction of sp³-hybridized carbons (Fsp3) is 0.238. The molecule has 1 atom stereocenters. The third kappa shape index (κ3) is 6.71. The zero-order valence-corrected chi connectivity index (χ0v) is 13.8. The van der Waals surface area contributed by atoms with Crippen molar-refractivity contribution in [3.05, 3.63) is 78.6 Å². The second-order valence-corrected chi connectivity index (χ2v) is 5.44. The van der Waals surface area contributed by atoms with Crippen molar-refractivity contribution in [1.29, 1.82) is 0 Å². The number of ether oxygens (including phenoxy) is 2. The normalized spacial score (nSPS) is 16.9. The van der Waals surface area contributed by atoms with Gasteiger partial charge in [0.2, 0.25) is 0 Å². The molecule has 1 N–H and O–H groups in total. The van der Waals surface area contributed by atoms with Gasteiger partial charge in [-0.05, 0) is 42.2 Å². The van der Waals surface area contributed by atoms with Crippen LogP contribution in [0.2, 0.25) is 0 Å². The third-order valence-corrected chi connectivity index (χ3v) is 3.56. The minimum atomic E-state index is -0.0429. The van der Waals surface area contributed by atoms with Gasteiger partial charge in [-0.1, -0.05) is 55.1 Å². The van der Waals surface area contributed by atoms with E-state index in [1.807, 2.05) is 48.5 Å². The molecule has 126 valence electrons. The van der Waals surface area contributed by atoms with Crippen LogP contribution in [0.15, 0.2) is 67.4 Å². The Labute approximate surface area is 143 Å². The Kier molecular flexibility index (Phi) is 7.64. The molecular formula is C21H24O3. The summed E-state index contributed by atoms with van der Waals surface area (Å²) in [5, 5.41) is 8.82. The lowest BCUT2D eigenvalue weighted by Gasteiger charge is -2.21. The molecule has 1 fully saturated rings. The van der Waals surface area contributed by atoms with Gasteiger partial charge in [-0.15, -0.1) is 0 Å². The Morgan fingerprint density at radius 3 is 2.38 bits per heavy atom. The molecule has 0 saturated carbocycles. The number of aromatic hydroxyl groups is 1. The predicted octanol–water partition coefficient (Wildman–Crippen LogP) is 5.24. The lowest BCUT2D eigenvalue weighted by Crippen LogP contribution is -2.19. The highest BCUT2D eigenvalue weighted by Crippen LogP contribution is 2.14. The minimum Gasteiger partial charge on any atom is -0.508 e. The molecule has 3 heteroatoms. The molecule has 1 saturated heterocycles. The first-order valence-electron chi connectivity index (χ1n) is 8.18. The molecule has 0 amide bonds. The fourth-order valence-electron chi connectivity index (χ4n) is 2.20. The number of hydrogen-bond donors (Lipinski definition) is 1. The van der Waals surface area contributed by atoms with E-state index in [-0.39, 0.29) is 6.29 Å². The summed E-state index contributed by atoms with van der Waals surface area (Å²) in [4.78, 5) is 0. The summed E-state index contributed by atoms with van der Waals surface area (Å²) < 4.78 is 10.9. The van der Waals surface area contributed by atoms with E-state index in [4.69, 9.17) is 14.6 Å². The van der Waals surface area contributed by atoms with Gasteiger partial charge < -0.3 is 14.6 Å². The van der Waals surface area contributed by atoms with Gasteiger partial charge in [0.05, 0.1) is 12.9 Å². The van der Waals surface area contributed by atoms with Gasteiger partial charge in [0.1, 0.15) is 5.75 Å². The average Bonchev–Trinajstić information content (AvgIpc) is 2.65. The Balaban J connectivity index is 0.000000198. The van der Waals surface area contributed by atoms with Gasteiger partial charge >= 0.3 is 0 Å². The Morgan fingerprint density at radius 2 is 1.75 bits per heavy atom. The highest BCUT2D eigenvalue weighted by atomic mass is 16.7. The van der Waals surface area contributed by atoms with Crippen molar-refractivity contribution in [1.82, 2.24) is 0 Å². The summed E-state index contributed by atoms with van der Waals surface area (Å²) in [7, 11) is 0. The van der Waals surface area contributed by atoms with E-state index in [9.17, 15) is 0 Å². The quantitative estimate of drug-likeness (QED) is 0.782. The maximum absolute atomic E-state index is 8.82. The van der Waals surface area contributed by atoms with Crippen molar-refractivity contribution in [2.75, 3.05) is 6.61 Å². The summed E-state index contributed by atoms with van der Waals surface area (Å²) in [5.74, 6) is 0.292. The molecule has 0 aromatic heterocycles. The first kappa shape index (κ1) is 17.8. The van der Waals surface area contributed by atoms with Crippen LogP contribution in [0.1, 0.15) is 30.4 Å². The second-order valence-electron chi connectivity index (χ2n) is 5.44. The molecule has 3 rings (SSSR count). The highest BCUT2D eigenvalue weighted by Gasteiger charge is 2.12. The van der Waals surface area contributed by atoms with E-state index in [2.05, 4.69) is 6.58 Å². The van der Waals surface area contributed by atoms with Gasteiger partial charge in [-0.3, -0.25) is 0 Å². The Hall–Kier alpha value is -2.52. The predicted molar refractivity (Wildman–Crippen MR) is 98.3 cm³/mol. The second kappa shape index (κ2) is 10.3. The van der Waals surface area contributed by atoms with Crippen LogP contribution in [-0.4, -0.2) is 18.0 Å². The largest absolute Gasteiger partial charge is 0.508 e.